The molecule has 0 spiro atoms. The number of thioether (sulfide) groups is 1. The Morgan fingerprint density at radius 2 is 2.25 bits per heavy atom. The lowest BCUT2D eigenvalue weighted by atomic mass is 10.2. The minimum atomic E-state index is -0.397. The first-order chi connectivity index (χ1) is 9.51. The lowest BCUT2D eigenvalue weighted by molar-refractivity contribution is -0.144. The van der Waals surface area contributed by atoms with Crippen molar-refractivity contribution >= 4 is 29.5 Å². The molecule has 3 saturated heterocycles. The smallest absolute Gasteiger partial charge is 0.246 e. The SMILES string of the molecule is CC12CCC(=O)N1C(C(=O)N1CCCNC(=O)C1)CS2. The lowest BCUT2D eigenvalue weighted by Crippen LogP contribution is -2.52. The van der Waals surface area contributed by atoms with Gasteiger partial charge in [0.15, 0.2) is 0 Å². The van der Waals surface area contributed by atoms with E-state index < -0.39 is 6.04 Å². The first-order valence-corrected chi connectivity index (χ1v) is 8.01. The van der Waals surface area contributed by atoms with Gasteiger partial charge >= 0.3 is 0 Å². The second-order valence-electron chi connectivity index (χ2n) is 5.73. The molecule has 3 aliphatic heterocycles. The maximum atomic E-state index is 12.7. The zero-order valence-electron chi connectivity index (χ0n) is 11.6. The van der Waals surface area contributed by atoms with Crippen LogP contribution in [0.1, 0.15) is 26.2 Å². The molecule has 0 aromatic carbocycles. The molecule has 3 amide bonds. The summed E-state index contributed by atoms with van der Waals surface area (Å²) in [7, 11) is 0. The van der Waals surface area contributed by atoms with Crippen molar-refractivity contribution in [2.45, 2.75) is 37.1 Å². The van der Waals surface area contributed by atoms with Crippen LogP contribution in [0, 0.1) is 0 Å². The number of rotatable bonds is 1. The van der Waals surface area contributed by atoms with E-state index in [1.54, 1.807) is 21.6 Å². The van der Waals surface area contributed by atoms with Crippen LogP contribution < -0.4 is 5.32 Å². The van der Waals surface area contributed by atoms with Gasteiger partial charge in [-0.25, -0.2) is 0 Å². The molecular weight excluding hydrogens is 278 g/mol. The van der Waals surface area contributed by atoms with E-state index in [-0.39, 0.29) is 29.1 Å². The Bertz CT molecular complexity index is 470. The summed E-state index contributed by atoms with van der Waals surface area (Å²) in [6, 6.07) is -0.397. The largest absolute Gasteiger partial charge is 0.354 e. The Labute approximate surface area is 122 Å². The molecule has 3 rings (SSSR count). The molecule has 1 N–H and O–H groups in total. The molecule has 2 atom stereocenters. The summed E-state index contributed by atoms with van der Waals surface area (Å²) in [6.45, 7) is 3.34. The number of amides is 3. The third kappa shape index (κ3) is 2.17. The van der Waals surface area contributed by atoms with Gasteiger partial charge in [0.1, 0.15) is 6.04 Å². The molecule has 0 aromatic heterocycles. The second-order valence-corrected chi connectivity index (χ2v) is 7.23. The Kier molecular flexibility index (Phi) is 3.40. The number of nitrogens with zero attached hydrogens (tertiary/aromatic N) is 2. The standard InChI is InChI=1S/C13H19N3O3S/c1-13-4-3-11(18)16(13)9(8-20-13)12(19)15-6-2-5-14-10(17)7-15/h9H,2-8H2,1H3,(H,14,17). The fourth-order valence-electron chi connectivity index (χ4n) is 3.21. The predicted molar refractivity (Wildman–Crippen MR) is 74.9 cm³/mol. The van der Waals surface area contributed by atoms with Gasteiger partial charge in [-0.2, -0.15) is 0 Å². The zero-order valence-corrected chi connectivity index (χ0v) is 12.4. The highest BCUT2D eigenvalue weighted by atomic mass is 32.2. The van der Waals surface area contributed by atoms with E-state index in [4.69, 9.17) is 0 Å². The van der Waals surface area contributed by atoms with Gasteiger partial charge in [-0.3, -0.25) is 14.4 Å². The van der Waals surface area contributed by atoms with Crippen molar-refractivity contribution in [3.8, 4) is 0 Å². The molecule has 2 unspecified atom stereocenters. The molecule has 0 aliphatic carbocycles. The summed E-state index contributed by atoms with van der Waals surface area (Å²) in [5.41, 5.74) is 0. The van der Waals surface area contributed by atoms with E-state index in [1.165, 1.54) is 0 Å². The fourth-order valence-corrected chi connectivity index (χ4v) is 4.63. The molecule has 3 aliphatic rings. The quantitative estimate of drug-likeness (QED) is 0.727. The molecule has 110 valence electrons. The summed E-state index contributed by atoms with van der Waals surface area (Å²) < 4.78 is 0. The fraction of sp³-hybridized carbons (Fsp3) is 0.769. The maximum Gasteiger partial charge on any atom is 0.246 e. The molecular formula is C13H19N3O3S. The van der Waals surface area contributed by atoms with Crippen molar-refractivity contribution in [2.75, 3.05) is 25.4 Å². The maximum absolute atomic E-state index is 12.7. The van der Waals surface area contributed by atoms with Crippen LogP contribution in [0.3, 0.4) is 0 Å². The molecule has 0 saturated carbocycles. The van der Waals surface area contributed by atoms with Crippen molar-refractivity contribution in [2.24, 2.45) is 0 Å². The highest BCUT2D eigenvalue weighted by molar-refractivity contribution is 8.01. The summed E-state index contributed by atoms with van der Waals surface area (Å²) in [5, 5.41) is 2.76. The molecule has 3 heterocycles. The van der Waals surface area contributed by atoms with E-state index >= 15 is 0 Å². The molecule has 20 heavy (non-hydrogen) atoms. The minimum Gasteiger partial charge on any atom is -0.354 e. The van der Waals surface area contributed by atoms with Crippen LogP contribution in [0.4, 0.5) is 0 Å². The van der Waals surface area contributed by atoms with Gasteiger partial charge in [0.2, 0.25) is 17.7 Å². The van der Waals surface area contributed by atoms with Crippen LogP contribution in [0.5, 0.6) is 0 Å². The highest BCUT2D eigenvalue weighted by Crippen LogP contribution is 2.47. The Hall–Kier alpha value is -1.24. The molecule has 0 aromatic rings. The Balaban J connectivity index is 1.77. The van der Waals surface area contributed by atoms with E-state index in [0.717, 1.165) is 12.8 Å². The van der Waals surface area contributed by atoms with Crippen molar-refractivity contribution in [1.82, 2.24) is 15.1 Å². The first kappa shape index (κ1) is 13.7. The van der Waals surface area contributed by atoms with Crippen molar-refractivity contribution in [3.63, 3.8) is 0 Å². The highest BCUT2D eigenvalue weighted by Gasteiger charge is 2.53. The second kappa shape index (κ2) is 4.95. The van der Waals surface area contributed by atoms with E-state index in [1.807, 2.05) is 6.92 Å². The molecule has 0 bridgehead atoms. The third-order valence-electron chi connectivity index (χ3n) is 4.30. The summed E-state index contributed by atoms with van der Waals surface area (Å²) in [4.78, 5) is 39.4. The summed E-state index contributed by atoms with van der Waals surface area (Å²) in [6.07, 6.45) is 2.09. The van der Waals surface area contributed by atoms with Crippen molar-refractivity contribution in [3.05, 3.63) is 0 Å². The number of hydrogen-bond donors (Lipinski definition) is 1. The van der Waals surface area contributed by atoms with Crippen LogP contribution in [-0.2, 0) is 14.4 Å². The van der Waals surface area contributed by atoms with Crippen LogP contribution >= 0.6 is 11.8 Å². The average molecular weight is 297 g/mol. The van der Waals surface area contributed by atoms with Gasteiger partial charge in [0.05, 0.1) is 11.4 Å². The predicted octanol–water partition coefficient (Wildman–Crippen LogP) is -0.211. The van der Waals surface area contributed by atoms with E-state index in [9.17, 15) is 14.4 Å². The summed E-state index contributed by atoms with van der Waals surface area (Å²) >= 11 is 1.68. The first-order valence-electron chi connectivity index (χ1n) is 7.03. The summed E-state index contributed by atoms with van der Waals surface area (Å²) in [5.74, 6) is 0.514. The van der Waals surface area contributed by atoms with Gasteiger partial charge in [-0.15, -0.1) is 11.8 Å². The number of carbonyl (C=O) groups is 3. The molecule has 0 radical (unpaired) electrons. The normalized spacial score (nSPS) is 34.0. The lowest BCUT2D eigenvalue weighted by Gasteiger charge is -2.32. The van der Waals surface area contributed by atoms with Crippen molar-refractivity contribution < 1.29 is 14.4 Å². The Morgan fingerprint density at radius 3 is 3.05 bits per heavy atom. The van der Waals surface area contributed by atoms with Gasteiger partial charge in [-0.1, -0.05) is 0 Å². The van der Waals surface area contributed by atoms with Crippen LogP contribution in [0.2, 0.25) is 0 Å². The van der Waals surface area contributed by atoms with E-state index in [2.05, 4.69) is 5.32 Å². The van der Waals surface area contributed by atoms with Gasteiger partial charge in [0, 0.05) is 25.3 Å². The topological polar surface area (TPSA) is 69.7 Å². The number of carbonyl (C=O) groups excluding carboxylic acids is 3. The number of nitrogens with one attached hydrogen (secondary N) is 1. The van der Waals surface area contributed by atoms with Gasteiger partial charge < -0.3 is 15.1 Å². The number of hydrogen-bond acceptors (Lipinski definition) is 4. The van der Waals surface area contributed by atoms with Crippen LogP contribution in [-0.4, -0.2) is 63.8 Å². The van der Waals surface area contributed by atoms with Crippen LogP contribution in [0.25, 0.3) is 0 Å². The Morgan fingerprint density at radius 1 is 1.45 bits per heavy atom. The average Bonchev–Trinajstić information content (AvgIpc) is 2.79. The van der Waals surface area contributed by atoms with E-state index in [0.29, 0.717) is 25.3 Å². The zero-order chi connectivity index (χ0) is 14.3. The molecule has 6 nitrogen and oxygen atoms in total. The van der Waals surface area contributed by atoms with Gasteiger partial charge in [-0.05, 0) is 19.8 Å². The van der Waals surface area contributed by atoms with Crippen LogP contribution in [0.15, 0.2) is 0 Å². The minimum absolute atomic E-state index is 0.0649. The monoisotopic (exact) mass is 297 g/mol. The van der Waals surface area contributed by atoms with Gasteiger partial charge in [0.25, 0.3) is 0 Å². The van der Waals surface area contributed by atoms with Crippen molar-refractivity contribution in [1.29, 1.82) is 0 Å². The third-order valence-corrected chi connectivity index (χ3v) is 5.81. The molecule has 3 fully saturated rings. The number of fused-ring (bicyclic) bond motifs is 1. The molecule has 7 heteroatoms.